The van der Waals surface area contributed by atoms with E-state index in [0.717, 1.165) is 37.5 Å². The summed E-state index contributed by atoms with van der Waals surface area (Å²) >= 11 is 1.70. The predicted molar refractivity (Wildman–Crippen MR) is 91.5 cm³/mol. The highest BCUT2D eigenvalue weighted by Crippen LogP contribution is 2.32. The number of carbonyl (C=O) groups excluding carboxylic acids is 1. The molecular formula is C17H25N3OS. The molecule has 1 unspecified atom stereocenters. The number of hydrogen-bond donors (Lipinski definition) is 1. The van der Waals surface area contributed by atoms with Gasteiger partial charge in [0.25, 0.3) is 0 Å². The molecule has 1 amide bonds. The normalized spacial score (nSPS) is 20.6. The maximum Gasteiger partial charge on any atom is 0.229 e. The fraction of sp³-hybridized carbons (Fsp3) is 0.647. The molecule has 1 aromatic heterocycles. The Bertz CT molecular complexity index is 511. The Labute approximate surface area is 136 Å². The zero-order valence-electron chi connectivity index (χ0n) is 13.1. The quantitative estimate of drug-likeness (QED) is 0.820. The van der Waals surface area contributed by atoms with Crippen molar-refractivity contribution in [3.63, 3.8) is 0 Å². The molecule has 2 aliphatic rings. The topological polar surface area (TPSA) is 45.2 Å². The third kappa shape index (κ3) is 3.58. The summed E-state index contributed by atoms with van der Waals surface area (Å²) in [4.78, 5) is 20.6. The van der Waals surface area contributed by atoms with Gasteiger partial charge >= 0.3 is 0 Å². The molecule has 1 saturated heterocycles. The molecule has 22 heavy (non-hydrogen) atoms. The molecule has 3 rings (SSSR count). The van der Waals surface area contributed by atoms with Crippen molar-refractivity contribution in [2.24, 2.45) is 5.92 Å². The van der Waals surface area contributed by atoms with Crippen molar-refractivity contribution < 1.29 is 4.79 Å². The minimum Gasteiger partial charge on any atom is -0.316 e. The number of amides is 1. The molecule has 0 saturated carbocycles. The summed E-state index contributed by atoms with van der Waals surface area (Å²) in [5.74, 6) is 0.844. The first kappa shape index (κ1) is 15.7. The fourth-order valence-corrected chi connectivity index (χ4v) is 4.47. The van der Waals surface area contributed by atoms with Crippen molar-refractivity contribution in [1.29, 1.82) is 0 Å². The van der Waals surface area contributed by atoms with Crippen LogP contribution in [0.2, 0.25) is 0 Å². The Kier molecular flexibility index (Phi) is 5.26. The van der Waals surface area contributed by atoms with E-state index in [1.165, 1.54) is 29.8 Å². The first-order chi connectivity index (χ1) is 10.8. The molecule has 0 bridgehead atoms. The Balaban J connectivity index is 1.66. The summed E-state index contributed by atoms with van der Waals surface area (Å²) in [6, 6.07) is 0. The van der Waals surface area contributed by atoms with Crippen LogP contribution in [-0.2, 0) is 17.6 Å². The molecule has 1 atom stereocenters. The number of nitrogens with zero attached hydrogens (tertiary/aromatic N) is 2. The van der Waals surface area contributed by atoms with E-state index in [1.807, 2.05) is 4.90 Å². The number of rotatable bonds is 6. The molecule has 1 fully saturated rings. The fourth-order valence-electron chi connectivity index (χ4n) is 3.29. The van der Waals surface area contributed by atoms with Gasteiger partial charge in [0.05, 0.1) is 5.69 Å². The molecule has 0 radical (unpaired) electrons. The highest BCUT2D eigenvalue weighted by molar-refractivity contribution is 7.16. The highest BCUT2D eigenvalue weighted by Gasteiger charge is 2.23. The largest absolute Gasteiger partial charge is 0.316 e. The van der Waals surface area contributed by atoms with Crippen LogP contribution in [0.25, 0.3) is 0 Å². The summed E-state index contributed by atoms with van der Waals surface area (Å²) in [6.45, 7) is 6.51. The van der Waals surface area contributed by atoms with Gasteiger partial charge in [0.2, 0.25) is 5.91 Å². The van der Waals surface area contributed by atoms with Gasteiger partial charge in [0.15, 0.2) is 5.13 Å². The van der Waals surface area contributed by atoms with Gasteiger partial charge in [-0.25, -0.2) is 4.98 Å². The van der Waals surface area contributed by atoms with Gasteiger partial charge in [-0.05, 0) is 57.5 Å². The Morgan fingerprint density at radius 1 is 1.45 bits per heavy atom. The summed E-state index contributed by atoms with van der Waals surface area (Å²) in [6.07, 6.45) is 9.25. The second-order valence-electron chi connectivity index (χ2n) is 6.26. The number of aromatic nitrogens is 1. The van der Waals surface area contributed by atoms with E-state index in [9.17, 15) is 4.79 Å². The van der Waals surface area contributed by atoms with Crippen LogP contribution in [0.4, 0.5) is 5.13 Å². The SMILES string of the molecule is C=CCN(C(=O)CCC1CCNC1)c1nc2c(s1)CCCC2. The van der Waals surface area contributed by atoms with Crippen molar-refractivity contribution >= 4 is 22.4 Å². The van der Waals surface area contributed by atoms with Crippen LogP contribution >= 0.6 is 11.3 Å². The number of hydrogen-bond acceptors (Lipinski definition) is 4. The lowest BCUT2D eigenvalue weighted by Gasteiger charge is -2.19. The minimum absolute atomic E-state index is 0.192. The lowest BCUT2D eigenvalue weighted by atomic mass is 10.0. The Morgan fingerprint density at radius 2 is 2.32 bits per heavy atom. The number of nitrogens with one attached hydrogen (secondary N) is 1. The lowest BCUT2D eigenvalue weighted by Crippen LogP contribution is -2.31. The van der Waals surface area contributed by atoms with Crippen LogP contribution in [0.5, 0.6) is 0 Å². The predicted octanol–water partition coefficient (Wildman–Crippen LogP) is 2.93. The van der Waals surface area contributed by atoms with E-state index in [-0.39, 0.29) is 5.91 Å². The molecular weight excluding hydrogens is 294 g/mol. The zero-order valence-corrected chi connectivity index (χ0v) is 14.0. The molecule has 4 nitrogen and oxygen atoms in total. The van der Waals surface area contributed by atoms with Crippen LogP contribution in [0, 0.1) is 5.92 Å². The van der Waals surface area contributed by atoms with E-state index in [0.29, 0.717) is 18.9 Å². The molecule has 1 aliphatic carbocycles. The van der Waals surface area contributed by atoms with Gasteiger partial charge in [0, 0.05) is 17.8 Å². The maximum absolute atomic E-state index is 12.6. The second-order valence-corrected chi connectivity index (χ2v) is 7.33. The second kappa shape index (κ2) is 7.38. The molecule has 0 spiro atoms. The van der Waals surface area contributed by atoms with Gasteiger partial charge in [-0.2, -0.15) is 0 Å². The average molecular weight is 319 g/mol. The van der Waals surface area contributed by atoms with Crippen LogP contribution in [0.15, 0.2) is 12.7 Å². The van der Waals surface area contributed by atoms with E-state index in [2.05, 4.69) is 11.9 Å². The Morgan fingerprint density at radius 3 is 3.05 bits per heavy atom. The first-order valence-electron chi connectivity index (χ1n) is 8.38. The highest BCUT2D eigenvalue weighted by atomic mass is 32.1. The Hall–Kier alpha value is -1.20. The first-order valence-corrected chi connectivity index (χ1v) is 9.20. The van der Waals surface area contributed by atoms with Gasteiger partial charge in [-0.1, -0.05) is 6.08 Å². The molecule has 120 valence electrons. The van der Waals surface area contributed by atoms with Crippen LogP contribution in [0.3, 0.4) is 0 Å². The minimum atomic E-state index is 0.192. The lowest BCUT2D eigenvalue weighted by molar-refractivity contribution is -0.118. The number of anilines is 1. The molecule has 2 heterocycles. The van der Waals surface area contributed by atoms with Crippen molar-refractivity contribution in [3.05, 3.63) is 23.2 Å². The van der Waals surface area contributed by atoms with E-state index in [4.69, 9.17) is 4.98 Å². The van der Waals surface area contributed by atoms with Crippen LogP contribution in [-0.4, -0.2) is 30.5 Å². The molecule has 0 aromatic carbocycles. The van der Waals surface area contributed by atoms with Crippen LogP contribution in [0.1, 0.15) is 42.7 Å². The van der Waals surface area contributed by atoms with Crippen molar-refractivity contribution in [2.75, 3.05) is 24.5 Å². The monoisotopic (exact) mass is 319 g/mol. The summed E-state index contributed by atoms with van der Waals surface area (Å²) in [7, 11) is 0. The third-order valence-corrected chi connectivity index (χ3v) is 5.79. The summed E-state index contributed by atoms with van der Waals surface area (Å²) < 4.78 is 0. The smallest absolute Gasteiger partial charge is 0.229 e. The zero-order chi connectivity index (χ0) is 15.4. The van der Waals surface area contributed by atoms with Crippen molar-refractivity contribution in [1.82, 2.24) is 10.3 Å². The maximum atomic E-state index is 12.6. The van der Waals surface area contributed by atoms with Gasteiger partial charge in [-0.15, -0.1) is 17.9 Å². The van der Waals surface area contributed by atoms with Crippen LogP contribution < -0.4 is 10.2 Å². The van der Waals surface area contributed by atoms with E-state index >= 15 is 0 Å². The number of fused-ring (bicyclic) bond motifs is 1. The summed E-state index contributed by atoms with van der Waals surface area (Å²) in [5, 5.41) is 4.24. The van der Waals surface area contributed by atoms with E-state index in [1.54, 1.807) is 17.4 Å². The molecule has 1 N–H and O–H groups in total. The van der Waals surface area contributed by atoms with Gasteiger partial charge in [-0.3, -0.25) is 9.69 Å². The number of thiazole rings is 1. The van der Waals surface area contributed by atoms with Crippen molar-refractivity contribution in [3.8, 4) is 0 Å². The molecule has 1 aromatic rings. The average Bonchev–Trinajstić information content (AvgIpc) is 3.18. The standard InChI is InChI=1S/C17H25N3OS/c1-2-11-20(16(21)8-7-13-9-10-18-12-13)17-19-14-5-3-4-6-15(14)22-17/h2,13,18H,1,3-12H2. The molecule has 5 heteroatoms. The third-order valence-electron chi connectivity index (χ3n) is 4.61. The van der Waals surface area contributed by atoms with Crippen molar-refractivity contribution in [2.45, 2.75) is 44.9 Å². The molecule has 1 aliphatic heterocycles. The van der Waals surface area contributed by atoms with Gasteiger partial charge in [0.1, 0.15) is 0 Å². The number of aryl methyl sites for hydroxylation is 2. The van der Waals surface area contributed by atoms with E-state index < -0.39 is 0 Å². The number of carbonyl (C=O) groups is 1. The summed E-state index contributed by atoms with van der Waals surface area (Å²) in [5.41, 5.74) is 1.22. The van der Waals surface area contributed by atoms with Gasteiger partial charge < -0.3 is 5.32 Å².